The van der Waals surface area contributed by atoms with Crippen LogP contribution in [0, 0.1) is 5.92 Å². The van der Waals surface area contributed by atoms with Crippen LogP contribution in [0.1, 0.15) is 31.2 Å². The lowest BCUT2D eigenvalue weighted by atomic mass is 9.93. The van der Waals surface area contributed by atoms with E-state index in [1.165, 1.54) is 0 Å². The molecule has 0 radical (unpaired) electrons. The second-order valence-electron chi connectivity index (χ2n) is 2.62. The van der Waals surface area contributed by atoms with Crippen molar-refractivity contribution in [1.82, 2.24) is 5.32 Å². The molecule has 1 aliphatic rings. The van der Waals surface area contributed by atoms with Crippen LogP contribution in [0.4, 0.5) is 0 Å². The summed E-state index contributed by atoms with van der Waals surface area (Å²) in [6, 6.07) is 0. The zero-order chi connectivity index (χ0) is 10.8. The Labute approximate surface area is 68.3 Å². The maximum Gasteiger partial charge on any atom is 0.0431 e. The first-order chi connectivity index (χ1) is 6.35. The third-order valence-corrected chi connectivity index (χ3v) is 1.73. The molecule has 0 amide bonds. The van der Waals surface area contributed by atoms with Gasteiger partial charge in [0.05, 0.1) is 0 Å². The first-order valence-electron chi connectivity index (χ1n) is 5.75. The van der Waals surface area contributed by atoms with Crippen molar-refractivity contribution in [2.75, 3.05) is 19.6 Å². The molecule has 0 aromatic heterocycles. The Bertz CT molecular complexity index is 182. The average Bonchev–Trinajstić information content (AvgIpc) is 1.94. The second-order valence-corrected chi connectivity index (χ2v) is 2.62. The molecule has 10 heavy (non-hydrogen) atoms. The number of nitrogens with one attached hydrogen (secondary N) is 1. The SMILES string of the molecule is [2H]C1([2H])CC(CCCO)CC([2H])([2H])N1. The minimum absolute atomic E-state index is 0.0217. The van der Waals surface area contributed by atoms with E-state index in [2.05, 4.69) is 5.32 Å². The van der Waals surface area contributed by atoms with E-state index in [-0.39, 0.29) is 12.5 Å². The van der Waals surface area contributed by atoms with Gasteiger partial charge in [-0.15, -0.1) is 0 Å². The van der Waals surface area contributed by atoms with Gasteiger partial charge in [-0.25, -0.2) is 0 Å². The average molecular weight is 147 g/mol. The first kappa shape index (κ1) is 4.07. The maximum absolute atomic E-state index is 8.65. The number of aliphatic hydroxyl groups excluding tert-OH is 1. The molecule has 2 nitrogen and oxygen atoms in total. The van der Waals surface area contributed by atoms with Gasteiger partial charge in [0.1, 0.15) is 0 Å². The summed E-state index contributed by atoms with van der Waals surface area (Å²) in [7, 11) is 0. The first-order valence-corrected chi connectivity index (χ1v) is 3.75. The molecule has 2 heteroatoms. The Morgan fingerprint density at radius 3 is 2.80 bits per heavy atom. The molecule has 1 fully saturated rings. The van der Waals surface area contributed by atoms with Crippen LogP contribution < -0.4 is 5.32 Å². The van der Waals surface area contributed by atoms with Crippen molar-refractivity contribution in [2.24, 2.45) is 5.92 Å². The zero-order valence-corrected chi connectivity index (χ0v) is 6.06. The quantitative estimate of drug-likeness (QED) is 0.617. The highest BCUT2D eigenvalue weighted by Gasteiger charge is 2.11. The van der Waals surface area contributed by atoms with Crippen molar-refractivity contribution < 1.29 is 10.6 Å². The molecule has 1 heterocycles. The van der Waals surface area contributed by atoms with E-state index in [1.807, 2.05) is 0 Å². The smallest absolute Gasteiger partial charge is 0.0431 e. The highest BCUT2D eigenvalue weighted by molar-refractivity contribution is 4.67. The van der Waals surface area contributed by atoms with Gasteiger partial charge in [0, 0.05) is 12.1 Å². The van der Waals surface area contributed by atoms with Gasteiger partial charge in [0.25, 0.3) is 0 Å². The summed E-state index contributed by atoms with van der Waals surface area (Å²) in [4.78, 5) is 0. The predicted octanol–water partition coefficient (Wildman–Crippen LogP) is 0.758. The summed E-state index contributed by atoms with van der Waals surface area (Å²) in [6.07, 6.45) is 1.97. The van der Waals surface area contributed by atoms with Crippen LogP contribution in [-0.2, 0) is 0 Å². The fraction of sp³-hybridized carbons (Fsp3) is 1.00. The Kier molecular flexibility index (Phi) is 1.91. The molecule has 2 N–H and O–H groups in total. The summed E-state index contributed by atoms with van der Waals surface area (Å²) in [5, 5.41) is 11.0. The second kappa shape index (κ2) is 4.69. The van der Waals surface area contributed by atoms with Crippen molar-refractivity contribution in [2.45, 2.75) is 25.7 Å². The van der Waals surface area contributed by atoms with Gasteiger partial charge >= 0.3 is 0 Å². The summed E-state index contributed by atoms with van der Waals surface area (Å²) >= 11 is 0. The van der Waals surface area contributed by atoms with E-state index >= 15 is 0 Å². The van der Waals surface area contributed by atoms with Crippen molar-refractivity contribution in [1.29, 1.82) is 0 Å². The van der Waals surface area contributed by atoms with Crippen molar-refractivity contribution in [3.63, 3.8) is 0 Å². The summed E-state index contributed by atoms with van der Waals surface area (Å²) in [5.41, 5.74) is 0. The molecule has 60 valence electrons. The maximum atomic E-state index is 8.65. The van der Waals surface area contributed by atoms with Gasteiger partial charge in [-0.3, -0.25) is 0 Å². The van der Waals surface area contributed by atoms with Crippen LogP contribution >= 0.6 is 0 Å². The molecule has 0 aromatic rings. The minimum atomic E-state index is -1.62. The minimum Gasteiger partial charge on any atom is -0.396 e. The predicted molar refractivity (Wildman–Crippen MR) is 41.9 cm³/mol. The van der Waals surface area contributed by atoms with Crippen LogP contribution in [0.3, 0.4) is 0 Å². The fourth-order valence-corrected chi connectivity index (χ4v) is 1.11. The highest BCUT2D eigenvalue weighted by Crippen LogP contribution is 2.16. The molecule has 0 bridgehead atoms. The van der Waals surface area contributed by atoms with Crippen LogP contribution in [-0.4, -0.2) is 24.7 Å². The lowest BCUT2D eigenvalue weighted by Crippen LogP contribution is -2.27. The molecular weight excluding hydrogens is 126 g/mol. The Balaban J connectivity index is 2.53. The van der Waals surface area contributed by atoms with Gasteiger partial charge in [-0.05, 0) is 44.6 Å². The van der Waals surface area contributed by atoms with Crippen LogP contribution in [0.2, 0.25) is 0 Å². The molecule has 0 aromatic carbocycles. The number of piperidine rings is 1. The summed E-state index contributed by atoms with van der Waals surface area (Å²) in [5.74, 6) is 0.0217. The Morgan fingerprint density at radius 1 is 1.50 bits per heavy atom. The molecule has 0 unspecified atom stereocenters. The standard InChI is InChI=1S/C8H17NO/c10-7-1-2-8-3-5-9-6-4-8/h8-10H,1-7H2/i5D2,6D2. The van der Waals surface area contributed by atoms with Gasteiger partial charge < -0.3 is 10.4 Å². The van der Waals surface area contributed by atoms with E-state index in [4.69, 9.17) is 10.6 Å². The fourth-order valence-electron chi connectivity index (χ4n) is 1.11. The molecule has 1 rings (SSSR count). The number of aliphatic hydroxyl groups is 1. The van der Waals surface area contributed by atoms with Crippen LogP contribution in [0.5, 0.6) is 0 Å². The third-order valence-electron chi connectivity index (χ3n) is 1.73. The monoisotopic (exact) mass is 147 g/mol. The molecule has 1 saturated heterocycles. The molecule has 0 atom stereocenters. The van der Waals surface area contributed by atoms with E-state index in [1.54, 1.807) is 0 Å². The topological polar surface area (TPSA) is 32.3 Å². The number of rotatable bonds is 3. The lowest BCUT2D eigenvalue weighted by Gasteiger charge is -2.21. The van der Waals surface area contributed by atoms with E-state index in [0.717, 1.165) is 0 Å². The third kappa shape index (κ3) is 2.67. The highest BCUT2D eigenvalue weighted by atomic mass is 16.2. The molecule has 1 aliphatic heterocycles. The Morgan fingerprint density at radius 2 is 2.20 bits per heavy atom. The van der Waals surface area contributed by atoms with Crippen molar-refractivity contribution in [3.8, 4) is 0 Å². The van der Waals surface area contributed by atoms with Crippen molar-refractivity contribution in [3.05, 3.63) is 0 Å². The molecule has 0 saturated carbocycles. The zero-order valence-electron chi connectivity index (χ0n) is 10.1. The van der Waals surface area contributed by atoms with Crippen LogP contribution in [0.15, 0.2) is 0 Å². The van der Waals surface area contributed by atoms with Gasteiger partial charge in [0.2, 0.25) is 0 Å². The van der Waals surface area contributed by atoms with Gasteiger partial charge in [-0.1, -0.05) is 0 Å². The lowest BCUT2D eigenvalue weighted by molar-refractivity contribution is 0.257. The summed E-state index contributed by atoms with van der Waals surface area (Å²) in [6.45, 7) is -3.15. The van der Waals surface area contributed by atoms with E-state index in [9.17, 15) is 0 Å². The number of hydrogen-bond acceptors (Lipinski definition) is 2. The normalized spacial score (nSPS) is 37.3. The Hall–Kier alpha value is -0.0800. The van der Waals surface area contributed by atoms with E-state index < -0.39 is 13.0 Å². The number of hydrogen-bond donors (Lipinski definition) is 2. The molecule has 0 spiro atoms. The summed E-state index contributed by atoms with van der Waals surface area (Å²) < 4.78 is 30.0. The van der Waals surface area contributed by atoms with E-state index in [0.29, 0.717) is 25.7 Å². The van der Waals surface area contributed by atoms with Crippen molar-refractivity contribution >= 4 is 0 Å². The van der Waals surface area contributed by atoms with Gasteiger partial charge in [-0.2, -0.15) is 0 Å². The van der Waals surface area contributed by atoms with Gasteiger partial charge in [0.15, 0.2) is 0 Å². The largest absolute Gasteiger partial charge is 0.396 e. The molecule has 0 aliphatic carbocycles. The molecular formula is C8H17NO. The van der Waals surface area contributed by atoms with Crippen LogP contribution in [0.25, 0.3) is 0 Å².